The van der Waals surface area contributed by atoms with Crippen LogP contribution in [0, 0.1) is 5.92 Å². The van der Waals surface area contributed by atoms with E-state index in [-0.39, 0.29) is 0 Å². The molecule has 0 bridgehead atoms. The summed E-state index contributed by atoms with van der Waals surface area (Å²) in [6.45, 7) is 0.546. The molecule has 1 heterocycles. The third kappa shape index (κ3) is 1.94. The molecule has 1 aliphatic rings. The van der Waals surface area contributed by atoms with Gasteiger partial charge in [0.2, 0.25) is 5.91 Å². The fourth-order valence-corrected chi connectivity index (χ4v) is 1.36. The maximum Gasteiger partial charge on any atom is 0.306 e. The molecule has 0 radical (unpaired) electrons. The minimum atomic E-state index is -0.845. The second-order valence-electron chi connectivity index (χ2n) is 2.97. The quantitative estimate of drug-likeness (QED) is 0.494. The van der Waals surface area contributed by atoms with Crippen LogP contribution in [0.5, 0.6) is 0 Å². The summed E-state index contributed by atoms with van der Waals surface area (Å²) in [5, 5.41) is 11.5. The average Bonchev–Trinajstić information content (AvgIpc) is 2.04. The molecule has 1 aliphatic heterocycles. The van der Waals surface area contributed by atoms with E-state index < -0.39 is 23.8 Å². The van der Waals surface area contributed by atoms with Crippen molar-refractivity contribution in [2.75, 3.05) is 6.54 Å². The fraction of sp³-hybridized carbons (Fsp3) is 0.714. The molecule has 0 unspecified atom stereocenters. The number of amides is 1. The summed E-state index contributed by atoms with van der Waals surface area (Å²) in [6, 6.07) is -0.472. The van der Waals surface area contributed by atoms with Gasteiger partial charge in [0.1, 0.15) is 0 Å². The van der Waals surface area contributed by atoms with Crippen molar-refractivity contribution in [1.82, 2.24) is 5.32 Å². The molecule has 0 saturated carbocycles. The van der Waals surface area contributed by atoms with E-state index >= 15 is 0 Å². The number of nitrogens with two attached hydrogens (primary N) is 1. The Kier molecular flexibility index (Phi) is 2.65. The van der Waals surface area contributed by atoms with Crippen molar-refractivity contribution in [1.29, 1.82) is 0 Å². The number of nitrogens with one attached hydrogen (secondary N) is 1. The second-order valence-corrected chi connectivity index (χ2v) is 2.97. The molecule has 1 fully saturated rings. The van der Waals surface area contributed by atoms with Crippen LogP contribution in [0.25, 0.3) is 0 Å². The number of carboxylic acid groups (broad SMARTS) is 1. The highest BCUT2D eigenvalue weighted by molar-refractivity contribution is 5.81. The van der Waals surface area contributed by atoms with Crippen molar-refractivity contribution in [2.24, 2.45) is 11.7 Å². The van der Waals surface area contributed by atoms with E-state index in [1.807, 2.05) is 0 Å². The molecular weight excluding hydrogens is 160 g/mol. The Morgan fingerprint density at radius 1 is 1.50 bits per heavy atom. The minimum absolute atomic E-state index is 0.310. The van der Waals surface area contributed by atoms with Gasteiger partial charge in [-0.05, 0) is 19.4 Å². The first-order chi connectivity index (χ1) is 5.61. The van der Waals surface area contributed by atoms with E-state index in [9.17, 15) is 9.59 Å². The van der Waals surface area contributed by atoms with Gasteiger partial charge in [-0.15, -0.1) is 0 Å². The Hall–Kier alpha value is -1.10. The molecule has 0 aromatic heterocycles. The summed E-state index contributed by atoms with van der Waals surface area (Å²) in [7, 11) is 0. The van der Waals surface area contributed by atoms with E-state index in [0.717, 1.165) is 0 Å². The van der Waals surface area contributed by atoms with Crippen molar-refractivity contribution < 1.29 is 14.7 Å². The van der Waals surface area contributed by atoms with E-state index in [4.69, 9.17) is 10.8 Å². The first-order valence-electron chi connectivity index (χ1n) is 3.86. The molecule has 0 aromatic rings. The summed E-state index contributed by atoms with van der Waals surface area (Å²) in [6.07, 6.45) is 0.879. The fourth-order valence-electron chi connectivity index (χ4n) is 1.36. The van der Waals surface area contributed by atoms with Crippen LogP contribution in [-0.4, -0.2) is 29.6 Å². The third-order valence-corrected chi connectivity index (χ3v) is 2.10. The molecular formula is C7H12N2O3. The molecule has 0 spiro atoms. The predicted octanol–water partition coefficient (Wildman–Crippen LogP) is -1.08. The van der Waals surface area contributed by atoms with Crippen LogP contribution in [0.2, 0.25) is 0 Å². The van der Waals surface area contributed by atoms with Crippen molar-refractivity contribution in [3.05, 3.63) is 0 Å². The first-order valence-corrected chi connectivity index (χ1v) is 3.86. The minimum Gasteiger partial charge on any atom is -0.481 e. The lowest BCUT2D eigenvalue weighted by Gasteiger charge is -2.25. The molecule has 0 aromatic carbocycles. The highest BCUT2D eigenvalue weighted by Gasteiger charge is 2.29. The molecule has 68 valence electrons. The summed E-state index contributed by atoms with van der Waals surface area (Å²) in [5.74, 6) is -1.74. The zero-order valence-corrected chi connectivity index (χ0v) is 6.62. The van der Waals surface area contributed by atoms with Gasteiger partial charge in [-0.2, -0.15) is 0 Å². The van der Waals surface area contributed by atoms with Crippen LogP contribution in [0.3, 0.4) is 0 Å². The van der Waals surface area contributed by atoms with E-state index in [2.05, 4.69) is 5.32 Å². The summed E-state index contributed by atoms with van der Waals surface area (Å²) < 4.78 is 0. The lowest BCUT2D eigenvalue weighted by Crippen LogP contribution is -2.48. The van der Waals surface area contributed by atoms with Gasteiger partial charge in [-0.25, -0.2) is 0 Å². The highest BCUT2D eigenvalue weighted by Crippen LogP contribution is 2.15. The molecule has 2 atom stereocenters. The zero-order valence-electron chi connectivity index (χ0n) is 6.62. The molecule has 4 N–H and O–H groups in total. The van der Waals surface area contributed by atoms with E-state index in [1.54, 1.807) is 0 Å². The van der Waals surface area contributed by atoms with Gasteiger partial charge < -0.3 is 16.2 Å². The van der Waals surface area contributed by atoms with Crippen molar-refractivity contribution in [2.45, 2.75) is 18.9 Å². The Labute approximate surface area is 69.9 Å². The Bertz CT molecular complexity index is 185. The predicted molar refractivity (Wildman–Crippen MR) is 41.3 cm³/mol. The van der Waals surface area contributed by atoms with Crippen LogP contribution in [0.1, 0.15) is 12.8 Å². The first kappa shape index (κ1) is 8.99. The molecule has 0 aliphatic carbocycles. The Balaban J connectivity index is 2.51. The molecule has 1 saturated heterocycles. The second kappa shape index (κ2) is 3.53. The molecule has 5 nitrogen and oxygen atoms in total. The summed E-state index contributed by atoms with van der Waals surface area (Å²) in [4.78, 5) is 21.2. The number of rotatable bonds is 2. The van der Waals surface area contributed by atoms with Gasteiger partial charge >= 0.3 is 5.97 Å². The lowest BCUT2D eigenvalue weighted by molar-refractivity contribution is -0.143. The molecule has 1 amide bonds. The van der Waals surface area contributed by atoms with Crippen LogP contribution in [0.15, 0.2) is 0 Å². The number of piperidine rings is 1. The van der Waals surface area contributed by atoms with Gasteiger partial charge in [0.05, 0.1) is 12.0 Å². The molecule has 1 rings (SSSR count). The number of hydrogen-bond acceptors (Lipinski definition) is 3. The molecule has 12 heavy (non-hydrogen) atoms. The van der Waals surface area contributed by atoms with E-state index in [0.29, 0.717) is 19.4 Å². The van der Waals surface area contributed by atoms with Crippen LogP contribution in [-0.2, 0) is 9.59 Å². The molecule has 5 heteroatoms. The van der Waals surface area contributed by atoms with Gasteiger partial charge in [0.15, 0.2) is 0 Å². The monoisotopic (exact) mass is 172 g/mol. The average molecular weight is 172 g/mol. The SMILES string of the molecule is NC(=O)[C@H]1C[C@H](C(=O)O)CCN1. The van der Waals surface area contributed by atoms with E-state index in [1.165, 1.54) is 0 Å². The van der Waals surface area contributed by atoms with Crippen LogP contribution in [0.4, 0.5) is 0 Å². The Morgan fingerprint density at radius 3 is 2.67 bits per heavy atom. The number of primary amides is 1. The standard InChI is InChI=1S/C7H12N2O3/c8-6(10)5-3-4(7(11)12)1-2-9-5/h4-5,9H,1-3H2,(H2,8,10)(H,11,12)/t4-,5-/m1/s1. The van der Waals surface area contributed by atoms with Gasteiger partial charge in [-0.1, -0.05) is 0 Å². The van der Waals surface area contributed by atoms with Crippen molar-refractivity contribution in [3.8, 4) is 0 Å². The van der Waals surface area contributed by atoms with Crippen molar-refractivity contribution in [3.63, 3.8) is 0 Å². The van der Waals surface area contributed by atoms with Gasteiger partial charge in [-0.3, -0.25) is 9.59 Å². The highest BCUT2D eigenvalue weighted by atomic mass is 16.4. The van der Waals surface area contributed by atoms with Crippen LogP contribution >= 0.6 is 0 Å². The summed E-state index contributed by atoms with van der Waals surface area (Å²) in [5.41, 5.74) is 5.04. The van der Waals surface area contributed by atoms with Gasteiger partial charge in [0.25, 0.3) is 0 Å². The van der Waals surface area contributed by atoms with Crippen LogP contribution < -0.4 is 11.1 Å². The maximum absolute atomic E-state index is 10.7. The van der Waals surface area contributed by atoms with Gasteiger partial charge in [0, 0.05) is 0 Å². The number of aliphatic carboxylic acids is 1. The Morgan fingerprint density at radius 2 is 2.17 bits per heavy atom. The largest absolute Gasteiger partial charge is 0.481 e. The number of carbonyl (C=O) groups excluding carboxylic acids is 1. The van der Waals surface area contributed by atoms with Crippen molar-refractivity contribution >= 4 is 11.9 Å². The zero-order chi connectivity index (χ0) is 9.14. The topological polar surface area (TPSA) is 92.4 Å². The maximum atomic E-state index is 10.7. The lowest BCUT2D eigenvalue weighted by atomic mass is 9.92. The normalized spacial score (nSPS) is 29.7. The smallest absolute Gasteiger partial charge is 0.306 e. The summed E-state index contributed by atoms with van der Waals surface area (Å²) >= 11 is 0. The number of carboxylic acids is 1. The number of hydrogen-bond donors (Lipinski definition) is 3. The number of carbonyl (C=O) groups is 2. The third-order valence-electron chi connectivity index (χ3n) is 2.10.